The van der Waals surface area contributed by atoms with Crippen molar-refractivity contribution in [1.29, 1.82) is 0 Å². The molecule has 0 aliphatic carbocycles. The van der Waals surface area contributed by atoms with Crippen LogP contribution in [-0.4, -0.2) is 30.6 Å². The lowest BCUT2D eigenvalue weighted by atomic mass is 10.3. The molecule has 7 nitrogen and oxygen atoms in total. The van der Waals surface area contributed by atoms with Gasteiger partial charge in [-0.25, -0.2) is 13.2 Å². The van der Waals surface area contributed by atoms with Gasteiger partial charge in [0.05, 0.1) is 11.8 Å². The Balaban J connectivity index is 2.19. The lowest BCUT2D eigenvalue weighted by Crippen LogP contribution is -2.13. The minimum Gasteiger partial charge on any atom is -0.491 e. The molecule has 0 saturated heterocycles. The van der Waals surface area contributed by atoms with Gasteiger partial charge in [-0.1, -0.05) is 13.0 Å². The number of carboxylic acids is 1. The van der Waals surface area contributed by atoms with E-state index in [0.717, 1.165) is 18.7 Å². The van der Waals surface area contributed by atoms with Gasteiger partial charge >= 0.3 is 5.97 Å². The minimum absolute atomic E-state index is 0.0182. The third-order valence-corrected chi connectivity index (χ3v) is 4.56. The second kappa shape index (κ2) is 6.74. The summed E-state index contributed by atoms with van der Waals surface area (Å²) in [4.78, 5) is 13.1. The fourth-order valence-corrected chi connectivity index (χ4v) is 2.86. The zero-order valence-corrected chi connectivity index (χ0v) is 13.6. The van der Waals surface area contributed by atoms with E-state index in [4.69, 9.17) is 9.84 Å². The van der Waals surface area contributed by atoms with Crippen LogP contribution in [0.2, 0.25) is 0 Å². The molecule has 0 fully saturated rings. The highest BCUT2D eigenvalue weighted by Crippen LogP contribution is 2.22. The van der Waals surface area contributed by atoms with Crippen molar-refractivity contribution in [2.75, 3.05) is 4.72 Å². The molecule has 0 bridgehead atoms. The van der Waals surface area contributed by atoms with Crippen LogP contribution in [0.1, 0.15) is 30.8 Å². The minimum atomic E-state index is -3.88. The fraction of sp³-hybridized carbons (Fsp3) is 0.267. The molecule has 0 unspecified atom stereocenters. The lowest BCUT2D eigenvalue weighted by molar-refractivity contribution is 0.0691. The number of anilines is 1. The van der Waals surface area contributed by atoms with Crippen molar-refractivity contribution in [1.82, 2.24) is 4.98 Å². The van der Waals surface area contributed by atoms with Crippen molar-refractivity contribution >= 4 is 21.7 Å². The van der Waals surface area contributed by atoms with E-state index in [9.17, 15) is 13.2 Å². The molecule has 124 valence electrons. The molecule has 0 saturated carbocycles. The Labute approximate surface area is 134 Å². The molecule has 1 atom stereocenters. The molecule has 8 heteroatoms. The van der Waals surface area contributed by atoms with E-state index < -0.39 is 16.0 Å². The van der Waals surface area contributed by atoms with Crippen LogP contribution in [0.5, 0.6) is 5.75 Å². The van der Waals surface area contributed by atoms with E-state index in [2.05, 4.69) is 9.71 Å². The van der Waals surface area contributed by atoms with E-state index in [0.29, 0.717) is 11.4 Å². The largest absolute Gasteiger partial charge is 0.491 e. The second-order valence-electron chi connectivity index (χ2n) is 5.02. The number of rotatable bonds is 7. The van der Waals surface area contributed by atoms with Gasteiger partial charge in [-0.05, 0) is 31.5 Å². The van der Waals surface area contributed by atoms with Crippen molar-refractivity contribution in [3.05, 3.63) is 42.2 Å². The van der Waals surface area contributed by atoms with Gasteiger partial charge in [0.1, 0.15) is 16.3 Å². The van der Waals surface area contributed by atoms with Crippen LogP contribution in [0.3, 0.4) is 0 Å². The fourth-order valence-electron chi connectivity index (χ4n) is 1.82. The number of nitrogens with one attached hydrogen (secondary N) is 2. The average Bonchev–Trinajstić information content (AvgIpc) is 2.98. The van der Waals surface area contributed by atoms with Crippen LogP contribution in [0.4, 0.5) is 5.69 Å². The number of hydrogen-bond acceptors (Lipinski definition) is 4. The summed E-state index contributed by atoms with van der Waals surface area (Å²) in [5.74, 6) is -0.671. The first-order valence-corrected chi connectivity index (χ1v) is 8.51. The molecular weight excluding hydrogens is 320 g/mol. The SMILES string of the molecule is CC[C@H](C)Oc1cccc(NS(=O)(=O)c2c[nH]c(C(=O)O)c2)c1. The van der Waals surface area contributed by atoms with E-state index >= 15 is 0 Å². The van der Waals surface area contributed by atoms with Crippen LogP contribution in [-0.2, 0) is 10.0 Å². The molecule has 0 aliphatic heterocycles. The molecule has 2 aromatic rings. The Morgan fingerprint density at radius 2 is 2.13 bits per heavy atom. The summed E-state index contributed by atoms with van der Waals surface area (Å²) in [5.41, 5.74) is 0.142. The third kappa shape index (κ3) is 4.26. The van der Waals surface area contributed by atoms with Crippen LogP contribution in [0.25, 0.3) is 0 Å². The highest BCUT2D eigenvalue weighted by Gasteiger charge is 2.18. The molecule has 2 rings (SSSR count). The Hall–Kier alpha value is -2.48. The van der Waals surface area contributed by atoms with E-state index in [1.54, 1.807) is 24.3 Å². The maximum absolute atomic E-state index is 12.3. The van der Waals surface area contributed by atoms with Crippen molar-refractivity contribution in [2.45, 2.75) is 31.3 Å². The summed E-state index contributed by atoms with van der Waals surface area (Å²) in [6.07, 6.45) is 1.98. The first kappa shape index (κ1) is 16.9. The quantitative estimate of drug-likeness (QED) is 0.719. The number of carbonyl (C=O) groups is 1. The number of aromatic carboxylic acids is 1. The molecule has 1 aromatic heterocycles. The standard InChI is InChI=1S/C15H18N2O5S/c1-3-10(2)22-12-6-4-5-11(7-12)17-23(20,21)13-8-14(15(18)19)16-9-13/h4-10,16-17H,3H2,1-2H3,(H,18,19)/t10-/m0/s1. The second-order valence-corrected chi connectivity index (χ2v) is 6.71. The number of sulfonamides is 1. The number of carboxylic acid groups (broad SMARTS) is 1. The molecular formula is C15H18N2O5S. The molecule has 3 N–H and O–H groups in total. The average molecular weight is 338 g/mol. The van der Waals surface area contributed by atoms with Gasteiger partial charge in [0, 0.05) is 12.3 Å². The summed E-state index contributed by atoms with van der Waals surface area (Å²) in [7, 11) is -3.88. The number of H-pyrrole nitrogens is 1. The number of aromatic nitrogens is 1. The van der Waals surface area contributed by atoms with Gasteiger partial charge in [-0.2, -0.15) is 0 Å². The van der Waals surface area contributed by atoms with Crippen LogP contribution < -0.4 is 9.46 Å². The normalized spacial score (nSPS) is 12.6. The molecule has 1 heterocycles. The van der Waals surface area contributed by atoms with E-state index in [1.165, 1.54) is 0 Å². The number of hydrogen-bond donors (Lipinski definition) is 3. The lowest BCUT2D eigenvalue weighted by Gasteiger charge is -2.14. The van der Waals surface area contributed by atoms with Crippen LogP contribution in [0.15, 0.2) is 41.4 Å². The van der Waals surface area contributed by atoms with Gasteiger partial charge in [0.15, 0.2) is 0 Å². The summed E-state index contributed by atoms with van der Waals surface area (Å²) >= 11 is 0. The molecule has 23 heavy (non-hydrogen) atoms. The summed E-state index contributed by atoms with van der Waals surface area (Å²) in [5, 5.41) is 8.83. The summed E-state index contributed by atoms with van der Waals surface area (Å²) < 4.78 is 32.6. The maximum atomic E-state index is 12.3. The predicted molar refractivity (Wildman–Crippen MR) is 85.4 cm³/mol. The first-order valence-electron chi connectivity index (χ1n) is 7.03. The Bertz CT molecular complexity index is 798. The number of benzene rings is 1. The zero-order valence-electron chi connectivity index (χ0n) is 12.7. The van der Waals surface area contributed by atoms with Gasteiger partial charge < -0.3 is 14.8 Å². The zero-order chi connectivity index (χ0) is 17.0. The number of aromatic amines is 1. The predicted octanol–water partition coefficient (Wildman–Crippen LogP) is 2.69. The van der Waals surface area contributed by atoms with Crippen molar-refractivity contribution in [3.8, 4) is 5.75 Å². The smallest absolute Gasteiger partial charge is 0.352 e. The molecule has 0 spiro atoms. The highest BCUT2D eigenvalue weighted by atomic mass is 32.2. The monoisotopic (exact) mass is 338 g/mol. The van der Waals surface area contributed by atoms with Crippen molar-refractivity contribution in [3.63, 3.8) is 0 Å². The molecule has 0 aliphatic rings. The molecule has 1 aromatic carbocycles. The maximum Gasteiger partial charge on any atom is 0.352 e. The van der Waals surface area contributed by atoms with Gasteiger partial charge in [0.2, 0.25) is 0 Å². The highest BCUT2D eigenvalue weighted by molar-refractivity contribution is 7.92. The Morgan fingerprint density at radius 3 is 2.74 bits per heavy atom. The van der Waals surface area contributed by atoms with Crippen LogP contribution in [0, 0.1) is 0 Å². The molecule has 0 radical (unpaired) electrons. The topological polar surface area (TPSA) is 108 Å². The number of ether oxygens (including phenoxy) is 1. The van der Waals surface area contributed by atoms with Gasteiger partial charge in [-0.15, -0.1) is 0 Å². The van der Waals surface area contributed by atoms with E-state index in [-0.39, 0.29) is 16.7 Å². The Morgan fingerprint density at radius 1 is 1.39 bits per heavy atom. The van der Waals surface area contributed by atoms with Crippen LogP contribution >= 0.6 is 0 Å². The first-order chi connectivity index (χ1) is 10.8. The van der Waals surface area contributed by atoms with Crippen molar-refractivity contribution in [2.24, 2.45) is 0 Å². The van der Waals surface area contributed by atoms with Gasteiger partial charge in [0.25, 0.3) is 10.0 Å². The molecule has 0 amide bonds. The third-order valence-electron chi connectivity index (χ3n) is 3.20. The van der Waals surface area contributed by atoms with Crippen molar-refractivity contribution < 1.29 is 23.1 Å². The Kier molecular flexibility index (Phi) is 4.95. The summed E-state index contributed by atoms with van der Waals surface area (Å²) in [6, 6.07) is 7.64. The van der Waals surface area contributed by atoms with E-state index in [1.807, 2.05) is 13.8 Å². The van der Waals surface area contributed by atoms with Gasteiger partial charge in [-0.3, -0.25) is 4.72 Å². The summed E-state index contributed by atoms with van der Waals surface area (Å²) in [6.45, 7) is 3.91.